The minimum atomic E-state index is 0.577. The van der Waals surface area contributed by atoms with E-state index in [1.54, 1.807) is 0 Å². The molecule has 22 aromatic carbocycles. The Labute approximate surface area is 763 Å². The summed E-state index contributed by atoms with van der Waals surface area (Å²) in [7, 11) is 0. The van der Waals surface area contributed by atoms with Crippen molar-refractivity contribution in [2.45, 2.75) is 0 Å². The quantitative estimate of drug-likeness (QED) is 0.108. The second-order valence-electron chi connectivity index (χ2n) is 35.0. The largest absolute Gasteiger partial charge is 0.309 e. The van der Waals surface area contributed by atoms with Crippen molar-refractivity contribution in [3.63, 3.8) is 0 Å². The Kier molecular flexibility index (Phi) is 16.4. The van der Waals surface area contributed by atoms with Crippen molar-refractivity contribution in [1.29, 1.82) is 0 Å². The molecule has 9 heteroatoms. The van der Waals surface area contributed by atoms with Gasteiger partial charge in [-0.3, -0.25) is 9.13 Å². The van der Waals surface area contributed by atoms with Crippen LogP contribution in [-0.4, -0.2) is 42.8 Å². The van der Waals surface area contributed by atoms with Crippen LogP contribution in [0.3, 0.4) is 0 Å². The lowest BCUT2D eigenvalue weighted by Crippen LogP contribution is -2.06. The Balaban J connectivity index is 0.000000133. The predicted octanol–water partition coefficient (Wildman–Crippen LogP) is 32.1. The zero-order valence-corrected chi connectivity index (χ0v) is 71.8. The van der Waals surface area contributed by atoms with Gasteiger partial charge in [0, 0.05) is 87.6 Å². The molecule has 0 N–H and O–H groups in total. The maximum Gasteiger partial charge on any atom is 0.238 e. The summed E-state index contributed by atoms with van der Waals surface area (Å²) in [5.74, 6) is 2.71. The Bertz CT molecular complexity index is 9490. The first-order valence-electron chi connectivity index (χ1n) is 45.5. The summed E-state index contributed by atoms with van der Waals surface area (Å²) in [6.45, 7) is 0. The molecule has 7 heterocycles. The summed E-state index contributed by atoms with van der Waals surface area (Å²) in [6, 6.07) is 165. The molecule has 0 spiro atoms. The number of aromatic nitrogens is 9. The molecule has 0 amide bonds. The van der Waals surface area contributed by atoms with Crippen LogP contribution in [0.2, 0.25) is 0 Å². The first-order chi connectivity index (χ1) is 66.0. The number of hydrogen-bond donors (Lipinski definition) is 0. The highest BCUT2D eigenvalue weighted by Crippen LogP contribution is 2.52. The zero-order chi connectivity index (χ0) is 87.0. The van der Waals surface area contributed by atoms with E-state index in [-0.39, 0.29) is 0 Å². The lowest BCUT2D eigenvalue weighted by Gasteiger charge is -2.14. The monoisotopic (exact) mass is 1690 g/mol. The Morgan fingerprint density at radius 3 is 0.910 bits per heavy atom. The average Bonchev–Trinajstić information content (AvgIpc) is 1.55. The van der Waals surface area contributed by atoms with E-state index in [0.29, 0.717) is 17.6 Å². The number of nitrogens with zero attached hydrogens (tertiary/aromatic N) is 9. The third-order valence-corrected chi connectivity index (χ3v) is 27.9. The van der Waals surface area contributed by atoms with Crippen molar-refractivity contribution in [2.24, 2.45) is 0 Å². The lowest BCUT2D eigenvalue weighted by atomic mass is 9.90. The fourth-order valence-corrected chi connectivity index (χ4v) is 22.0. The summed E-state index contributed by atoms with van der Waals surface area (Å²) in [6.07, 6.45) is 0. The topological polar surface area (TPSA) is 76.2 Å². The fraction of sp³-hybridized carbons (Fsp3) is 0. The van der Waals surface area contributed by atoms with Crippen LogP contribution in [0.25, 0.3) is 271 Å². The van der Waals surface area contributed by atoms with Crippen molar-refractivity contribution in [3.8, 4) is 118 Å². The molecular formula is C124H75N9. The minimum absolute atomic E-state index is 0.577. The Morgan fingerprint density at radius 2 is 0.466 bits per heavy atom. The summed E-state index contributed by atoms with van der Waals surface area (Å²) >= 11 is 0. The number of fused-ring (bicyclic) bond motifs is 3. The molecular weight excluding hydrogens is 1620 g/mol. The maximum absolute atomic E-state index is 5.43. The second-order valence-corrected chi connectivity index (χ2v) is 35.0. The van der Waals surface area contributed by atoms with Gasteiger partial charge in [0.25, 0.3) is 0 Å². The van der Waals surface area contributed by atoms with Crippen LogP contribution < -0.4 is 0 Å². The van der Waals surface area contributed by atoms with Gasteiger partial charge in [-0.15, -0.1) is 0 Å². The molecule has 0 atom stereocenters. The molecule has 0 aliphatic rings. The number of benzene rings is 22. The molecule has 0 saturated carbocycles. The summed E-state index contributed by atoms with van der Waals surface area (Å²) in [5, 5.41) is 22.4. The highest BCUT2D eigenvalue weighted by Gasteiger charge is 2.29. The van der Waals surface area contributed by atoms with E-state index < -0.39 is 0 Å². The van der Waals surface area contributed by atoms with Crippen LogP contribution in [0.1, 0.15) is 0 Å². The number of hydrogen-bond acceptors (Lipinski definition) is 4. The highest BCUT2D eigenvalue weighted by atomic mass is 15.2. The van der Waals surface area contributed by atoms with E-state index in [1.165, 1.54) is 163 Å². The third-order valence-electron chi connectivity index (χ3n) is 27.9. The maximum atomic E-state index is 5.43. The van der Waals surface area contributed by atoms with E-state index in [2.05, 4.69) is 466 Å². The van der Waals surface area contributed by atoms with E-state index in [0.717, 1.165) is 89.6 Å². The van der Waals surface area contributed by atoms with Gasteiger partial charge in [-0.05, 0) is 208 Å². The van der Waals surface area contributed by atoms with Gasteiger partial charge in [-0.25, -0.2) is 9.97 Å². The molecule has 133 heavy (non-hydrogen) atoms. The van der Waals surface area contributed by atoms with E-state index in [1.807, 2.05) is 12.1 Å². The molecule has 0 unspecified atom stereocenters. The Morgan fingerprint density at radius 1 is 0.150 bits per heavy atom. The van der Waals surface area contributed by atoms with Crippen molar-refractivity contribution < 1.29 is 0 Å². The van der Waals surface area contributed by atoms with Gasteiger partial charge in [0.15, 0.2) is 11.6 Å². The Hall–Kier alpha value is -17.9. The van der Waals surface area contributed by atoms with E-state index in [4.69, 9.17) is 19.9 Å². The summed E-state index contributed by atoms with van der Waals surface area (Å²) in [5.41, 5.74) is 30.8. The summed E-state index contributed by atoms with van der Waals surface area (Å²) in [4.78, 5) is 21.3. The molecule has 0 radical (unpaired) electrons. The van der Waals surface area contributed by atoms with Gasteiger partial charge >= 0.3 is 0 Å². The van der Waals surface area contributed by atoms with Gasteiger partial charge < -0.3 is 13.7 Å². The van der Waals surface area contributed by atoms with Crippen LogP contribution >= 0.6 is 0 Å². The van der Waals surface area contributed by atoms with Gasteiger partial charge in [0.05, 0.1) is 60.9 Å². The van der Waals surface area contributed by atoms with E-state index >= 15 is 0 Å². The minimum Gasteiger partial charge on any atom is -0.309 e. The first kappa shape index (κ1) is 74.2. The van der Waals surface area contributed by atoms with Crippen LogP contribution in [0.5, 0.6) is 0 Å². The molecule has 29 aromatic rings. The van der Waals surface area contributed by atoms with Crippen LogP contribution in [0.4, 0.5) is 0 Å². The molecule has 29 rings (SSSR count). The van der Waals surface area contributed by atoms with Gasteiger partial charge in [0.2, 0.25) is 5.95 Å². The molecule has 0 aliphatic carbocycles. The number of para-hydroxylation sites is 3. The van der Waals surface area contributed by atoms with Gasteiger partial charge in [0.1, 0.15) is 5.82 Å². The normalized spacial score (nSPS) is 12.1. The zero-order valence-electron chi connectivity index (χ0n) is 71.8. The molecule has 0 bridgehead atoms. The van der Waals surface area contributed by atoms with Crippen molar-refractivity contribution >= 4 is 152 Å². The molecule has 9 nitrogen and oxygen atoms in total. The van der Waals surface area contributed by atoms with Crippen molar-refractivity contribution in [2.75, 3.05) is 0 Å². The SMILES string of the molecule is c1ccc(-c2cc(-c3ccccc3)nc(-n3c4cccc5ccc6c(-c7ccc8c9c7ccc7cccc(c79)n8-c7ccc8c(c7)c7ccccc7n8-c7ccccc7)ccc3c6c54)c2)cc1.c1ccc(-c2ccc(-c3nc(-c4ccc(-c5ccccc5)cc4)nc(-n4c5cccc6ccc7c(-c8ccc9c%10c8ccc8cccc(c8%10)n9-c8ccccc8)ccc4c7c65)n3)cc2)cc1. The summed E-state index contributed by atoms with van der Waals surface area (Å²) < 4.78 is 11.9. The molecule has 0 fully saturated rings. The lowest BCUT2D eigenvalue weighted by molar-refractivity contribution is 0.954. The average molecular weight is 1690 g/mol. The smallest absolute Gasteiger partial charge is 0.238 e. The van der Waals surface area contributed by atoms with Crippen LogP contribution in [-0.2, 0) is 0 Å². The third kappa shape index (κ3) is 11.4. The highest BCUT2D eigenvalue weighted by molar-refractivity contribution is 6.33. The number of rotatable bonds is 13. The molecule has 616 valence electrons. The number of pyridine rings is 1. The fourth-order valence-electron chi connectivity index (χ4n) is 22.0. The molecule has 0 saturated heterocycles. The van der Waals surface area contributed by atoms with Gasteiger partial charge in [-0.2, -0.15) is 9.97 Å². The van der Waals surface area contributed by atoms with Crippen molar-refractivity contribution in [1.82, 2.24) is 42.8 Å². The standard InChI is InChI=1S/C63H38N4.C61H37N5/c1-4-14-39(15-5-1)43-36-52(40-16-6-2-7-17-40)64-59(37-43)67-56-25-13-19-42-27-30-50-47(32-35-58(67)63(50)61(42)56)46-31-34-57-62-49(46)29-26-41-18-12-24-55(60(41)62)66(57)45-28-33-54-51(38-45)48-22-10-11-23-53(48)65(54)44-20-8-3-9-21-44;1-4-12-38(13-5-1)40-22-26-44(27-23-40)59-62-60(45-28-24-41(25-29-45)39-14-6-2-7-15-39)64-61(63-59)66-52-21-11-17-43-31-33-50-48(35-37-54(66)58(50)56(43)52)47-34-36-53-57-49(47)32-30-42-16-10-20-51(55(42)57)65(53)46-18-8-3-9-19-46/h1-38H;1-37H. The second kappa shape index (κ2) is 29.3. The first-order valence-corrected chi connectivity index (χ1v) is 45.5. The van der Waals surface area contributed by atoms with Crippen molar-refractivity contribution in [3.05, 3.63) is 455 Å². The van der Waals surface area contributed by atoms with E-state index in [9.17, 15) is 0 Å². The van der Waals surface area contributed by atoms with Crippen LogP contribution in [0.15, 0.2) is 455 Å². The molecule has 0 aliphatic heterocycles. The predicted molar refractivity (Wildman–Crippen MR) is 554 cm³/mol. The van der Waals surface area contributed by atoms with Gasteiger partial charge in [-0.1, -0.05) is 346 Å². The molecule has 7 aromatic heterocycles. The van der Waals surface area contributed by atoms with Crippen LogP contribution in [0, 0.1) is 0 Å².